The van der Waals surface area contributed by atoms with Gasteiger partial charge in [-0.25, -0.2) is 0 Å². The maximum Gasteiger partial charge on any atom is 0.0131 e. The first-order valence-corrected chi connectivity index (χ1v) is 9.32. The third-order valence-corrected chi connectivity index (χ3v) is 5.32. The van der Waals surface area contributed by atoms with Gasteiger partial charge in [0.2, 0.25) is 0 Å². The van der Waals surface area contributed by atoms with Crippen molar-refractivity contribution < 1.29 is 0 Å². The summed E-state index contributed by atoms with van der Waals surface area (Å²) in [5, 5.41) is 7.67. The first kappa shape index (κ1) is 17.0. The smallest absolute Gasteiger partial charge is 0.0131 e. The molecule has 2 nitrogen and oxygen atoms in total. The Hall–Kier alpha value is -0.860. The number of rotatable bonds is 6. The number of benzene rings is 1. The molecule has 3 rings (SSSR count). The lowest BCUT2D eigenvalue weighted by molar-refractivity contribution is 0.209. The predicted molar refractivity (Wildman–Crippen MR) is 98.8 cm³/mol. The molecule has 23 heavy (non-hydrogen) atoms. The minimum atomic E-state index is 0.244. The van der Waals surface area contributed by atoms with Crippen molar-refractivity contribution in [2.45, 2.75) is 89.4 Å². The molecule has 0 aromatic heterocycles. The lowest BCUT2D eigenvalue weighted by atomic mass is 9.75. The van der Waals surface area contributed by atoms with Gasteiger partial charge in [0.25, 0.3) is 0 Å². The summed E-state index contributed by atoms with van der Waals surface area (Å²) in [6, 6.07) is 12.4. The van der Waals surface area contributed by atoms with Crippen LogP contribution in [-0.4, -0.2) is 23.2 Å². The number of hydrogen-bond donors (Lipinski definition) is 2. The van der Waals surface area contributed by atoms with Gasteiger partial charge in [0.15, 0.2) is 0 Å². The van der Waals surface area contributed by atoms with E-state index in [0.29, 0.717) is 6.04 Å². The summed E-state index contributed by atoms with van der Waals surface area (Å²) in [5.41, 5.74) is 2.01. The molecule has 0 spiro atoms. The maximum absolute atomic E-state index is 3.92. The lowest BCUT2D eigenvalue weighted by Crippen LogP contribution is -2.51. The summed E-state index contributed by atoms with van der Waals surface area (Å²) >= 11 is 0. The first-order chi connectivity index (χ1) is 10.7. The van der Waals surface area contributed by atoms with Gasteiger partial charge >= 0.3 is 0 Å². The van der Waals surface area contributed by atoms with Crippen molar-refractivity contribution in [3.05, 3.63) is 35.9 Å². The molecule has 2 N–H and O–H groups in total. The van der Waals surface area contributed by atoms with Crippen LogP contribution in [0, 0.1) is 5.92 Å². The first-order valence-electron chi connectivity index (χ1n) is 9.32. The second-order valence-electron chi connectivity index (χ2n) is 9.50. The molecule has 0 amide bonds. The molecule has 2 aliphatic rings. The van der Waals surface area contributed by atoms with Gasteiger partial charge in [-0.2, -0.15) is 0 Å². The fourth-order valence-corrected chi connectivity index (χ4v) is 4.21. The molecule has 2 aliphatic carbocycles. The second-order valence-corrected chi connectivity index (χ2v) is 9.50. The SMILES string of the molecule is CC(C)(C)NC1CC1CC(C)(C)NC1CC(c2ccccc2)C1. The Bertz CT molecular complexity index is 508. The second kappa shape index (κ2) is 6.22. The van der Waals surface area contributed by atoms with E-state index >= 15 is 0 Å². The van der Waals surface area contributed by atoms with Crippen LogP contribution in [0.3, 0.4) is 0 Å². The molecule has 2 saturated carbocycles. The maximum atomic E-state index is 3.92. The van der Waals surface area contributed by atoms with Gasteiger partial charge in [-0.15, -0.1) is 0 Å². The molecule has 2 fully saturated rings. The van der Waals surface area contributed by atoms with Crippen LogP contribution in [0.4, 0.5) is 0 Å². The molecule has 2 unspecified atom stereocenters. The molecule has 2 atom stereocenters. The fourth-order valence-electron chi connectivity index (χ4n) is 4.21. The van der Waals surface area contributed by atoms with Crippen molar-refractivity contribution in [3.63, 3.8) is 0 Å². The van der Waals surface area contributed by atoms with E-state index in [1.807, 2.05) is 0 Å². The van der Waals surface area contributed by atoms with E-state index in [-0.39, 0.29) is 11.1 Å². The van der Waals surface area contributed by atoms with Crippen LogP contribution in [-0.2, 0) is 0 Å². The summed E-state index contributed by atoms with van der Waals surface area (Å²) in [6.45, 7) is 11.6. The molecule has 128 valence electrons. The van der Waals surface area contributed by atoms with Crippen molar-refractivity contribution in [3.8, 4) is 0 Å². The van der Waals surface area contributed by atoms with Crippen molar-refractivity contribution in [1.82, 2.24) is 10.6 Å². The molecule has 2 heteroatoms. The van der Waals surface area contributed by atoms with Crippen LogP contribution < -0.4 is 10.6 Å². The van der Waals surface area contributed by atoms with Gasteiger partial charge in [-0.3, -0.25) is 0 Å². The molecule has 0 radical (unpaired) electrons. The van der Waals surface area contributed by atoms with Crippen LogP contribution >= 0.6 is 0 Å². The average Bonchev–Trinajstić information content (AvgIpc) is 3.08. The van der Waals surface area contributed by atoms with E-state index in [1.165, 1.54) is 31.2 Å². The zero-order valence-corrected chi connectivity index (χ0v) is 15.5. The largest absolute Gasteiger partial charge is 0.309 e. The summed E-state index contributed by atoms with van der Waals surface area (Å²) in [6.07, 6.45) is 5.22. The van der Waals surface area contributed by atoms with Crippen molar-refractivity contribution >= 4 is 0 Å². The van der Waals surface area contributed by atoms with Crippen LogP contribution in [0.15, 0.2) is 30.3 Å². The normalized spacial score (nSPS) is 30.8. The third-order valence-electron chi connectivity index (χ3n) is 5.32. The monoisotopic (exact) mass is 314 g/mol. The van der Waals surface area contributed by atoms with E-state index < -0.39 is 0 Å². The topological polar surface area (TPSA) is 24.1 Å². The highest BCUT2D eigenvalue weighted by molar-refractivity contribution is 5.23. The molecule has 0 heterocycles. The molecule has 0 aliphatic heterocycles. The van der Waals surface area contributed by atoms with Gasteiger partial charge in [0.05, 0.1) is 0 Å². The van der Waals surface area contributed by atoms with Crippen molar-refractivity contribution in [1.29, 1.82) is 0 Å². The zero-order chi connectivity index (χ0) is 16.7. The third kappa shape index (κ3) is 4.81. The van der Waals surface area contributed by atoms with E-state index in [2.05, 4.69) is 75.6 Å². The van der Waals surface area contributed by atoms with Gasteiger partial charge in [-0.1, -0.05) is 30.3 Å². The van der Waals surface area contributed by atoms with E-state index in [9.17, 15) is 0 Å². The number of nitrogens with one attached hydrogen (secondary N) is 2. The predicted octanol–water partition coefficient (Wildman–Crippen LogP) is 4.47. The average molecular weight is 315 g/mol. The highest BCUT2D eigenvalue weighted by Crippen LogP contribution is 2.41. The highest BCUT2D eigenvalue weighted by Gasteiger charge is 2.43. The Morgan fingerprint density at radius 1 is 0.913 bits per heavy atom. The van der Waals surface area contributed by atoms with E-state index in [4.69, 9.17) is 0 Å². The molecule has 0 bridgehead atoms. The number of hydrogen-bond acceptors (Lipinski definition) is 2. The lowest BCUT2D eigenvalue weighted by Gasteiger charge is -2.42. The van der Waals surface area contributed by atoms with Gasteiger partial charge in [0.1, 0.15) is 0 Å². The summed E-state index contributed by atoms with van der Waals surface area (Å²) in [5.74, 6) is 1.61. The van der Waals surface area contributed by atoms with Crippen LogP contribution in [0.2, 0.25) is 0 Å². The van der Waals surface area contributed by atoms with Gasteiger partial charge in [-0.05, 0) is 77.7 Å². The Morgan fingerprint density at radius 2 is 1.57 bits per heavy atom. The summed E-state index contributed by atoms with van der Waals surface area (Å²) < 4.78 is 0. The standard InChI is InChI=1S/C21H34N2/c1-20(2,3)23-19-13-17(19)14-21(4,5)22-18-11-16(12-18)15-9-7-6-8-10-15/h6-10,16-19,22-23H,11-14H2,1-5H3. The van der Waals surface area contributed by atoms with Crippen LogP contribution in [0.25, 0.3) is 0 Å². The quantitative estimate of drug-likeness (QED) is 0.809. The van der Waals surface area contributed by atoms with Gasteiger partial charge < -0.3 is 10.6 Å². The summed E-state index contributed by atoms with van der Waals surface area (Å²) in [4.78, 5) is 0. The minimum absolute atomic E-state index is 0.244. The summed E-state index contributed by atoms with van der Waals surface area (Å²) in [7, 11) is 0. The van der Waals surface area contributed by atoms with Crippen LogP contribution in [0.1, 0.15) is 71.8 Å². The zero-order valence-electron chi connectivity index (χ0n) is 15.5. The molecule has 0 saturated heterocycles. The Balaban J connectivity index is 1.41. The van der Waals surface area contributed by atoms with Gasteiger partial charge in [0, 0.05) is 23.2 Å². The van der Waals surface area contributed by atoms with Crippen molar-refractivity contribution in [2.75, 3.05) is 0 Å². The minimum Gasteiger partial charge on any atom is -0.309 e. The van der Waals surface area contributed by atoms with Crippen molar-refractivity contribution in [2.24, 2.45) is 5.92 Å². The Morgan fingerprint density at radius 3 is 2.17 bits per heavy atom. The molecular formula is C21H34N2. The molecule has 1 aromatic carbocycles. The van der Waals surface area contributed by atoms with Crippen LogP contribution in [0.5, 0.6) is 0 Å². The fraction of sp³-hybridized carbons (Fsp3) is 0.714. The molecular weight excluding hydrogens is 280 g/mol. The van der Waals surface area contributed by atoms with E-state index in [1.54, 1.807) is 0 Å². The molecule has 1 aromatic rings. The van der Waals surface area contributed by atoms with E-state index in [0.717, 1.165) is 17.9 Å². The Kier molecular flexibility index (Phi) is 4.59. The Labute approximate surface area is 142 Å². The highest BCUT2D eigenvalue weighted by atomic mass is 15.1.